The van der Waals surface area contributed by atoms with E-state index >= 15 is 0 Å². The van der Waals surface area contributed by atoms with Crippen molar-refractivity contribution in [2.75, 3.05) is 13.6 Å². The molecule has 0 saturated carbocycles. The van der Waals surface area contributed by atoms with Gasteiger partial charge >= 0.3 is 12.0 Å². The van der Waals surface area contributed by atoms with Gasteiger partial charge in [-0.3, -0.25) is 10.1 Å². The summed E-state index contributed by atoms with van der Waals surface area (Å²) in [5.74, 6) is -1.05. The van der Waals surface area contributed by atoms with Gasteiger partial charge in [-0.25, -0.2) is 14.5 Å². The Morgan fingerprint density at radius 1 is 1.00 bits per heavy atom. The number of likely N-dealkylation sites (N-methyl/N-ethyl adjacent to an activating group) is 1. The molecule has 1 heterocycles. The van der Waals surface area contributed by atoms with Crippen molar-refractivity contribution in [2.24, 2.45) is 0 Å². The number of amides is 3. The van der Waals surface area contributed by atoms with Crippen LogP contribution in [0.5, 0.6) is 0 Å². The zero-order valence-corrected chi connectivity index (χ0v) is 19.2. The van der Waals surface area contributed by atoms with E-state index in [1.54, 1.807) is 34.7 Å². The van der Waals surface area contributed by atoms with Crippen LogP contribution in [0.15, 0.2) is 60.7 Å². The Kier molecular flexibility index (Phi) is 6.99. The molecule has 2 aromatic carbocycles. The summed E-state index contributed by atoms with van der Waals surface area (Å²) in [5, 5.41) is 3.36. The van der Waals surface area contributed by atoms with Crippen molar-refractivity contribution >= 4 is 17.9 Å². The van der Waals surface area contributed by atoms with Gasteiger partial charge in [-0.2, -0.15) is 0 Å². The molecule has 0 aliphatic carbocycles. The van der Waals surface area contributed by atoms with Gasteiger partial charge in [0, 0.05) is 7.05 Å². The van der Waals surface area contributed by atoms with E-state index in [0.717, 1.165) is 16.0 Å². The highest BCUT2D eigenvalue weighted by Crippen LogP contribution is 2.24. The Morgan fingerprint density at radius 3 is 1.97 bits per heavy atom. The van der Waals surface area contributed by atoms with Crippen LogP contribution in [-0.2, 0) is 14.3 Å². The van der Waals surface area contributed by atoms with Gasteiger partial charge in [-0.1, -0.05) is 60.7 Å². The number of carbonyl (C=O) groups excluding carboxylic acids is 3. The molecule has 3 rings (SSSR count). The topological polar surface area (TPSA) is 79.0 Å². The fourth-order valence-corrected chi connectivity index (χ4v) is 3.74. The summed E-state index contributed by atoms with van der Waals surface area (Å²) in [5.41, 5.74) is 1.27. The summed E-state index contributed by atoms with van der Waals surface area (Å²) in [4.78, 5) is 41.3. The van der Waals surface area contributed by atoms with Gasteiger partial charge in [0.2, 0.25) is 5.91 Å². The van der Waals surface area contributed by atoms with Crippen LogP contribution in [0, 0.1) is 0 Å². The highest BCUT2D eigenvalue weighted by molar-refractivity contribution is 6.03. The van der Waals surface area contributed by atoms with Crippen LogP contribution in [-0.4, -0.2) is 59.0 Å². The summed E-state index contributed by atoms with van der Waals surface area (Å²) in [6.07, 6.45) is 0. The summed E-state index contributed by atoms with van der Waals surface area (Å²) in [6, 6.07) is 17.1. The molecule has 0 unspecified atom stereocenters. The van der Waals surface area contributed by atoms with E-state index in [9.17, 15) is 14.4 Å². The van der Waals surface area contributed by atoms with Gasteiger partial charge in [0.1, 0.15) is 5.60 Å². The van der Waals surface area contributed by atoms with Crippen LogP contribution in [0.4, 0.5) is 4.79 Å². The minimum Gasteiger partial charge on any atom is -0.458 e. The molecule has 7 nitrogen and oxygen atoms in total. The van der Waals surface area contributed by atoms with Crippen molar-refractivity contribution < 1.29 is 19.1 Å². The minimum atomic E-state index is -0.977. The van der Waals surface area contributed by atoms with E-state index in [2.05, 4.69) is 5.32 Å². The number of rotatable bonds is 6. The number of nitrogens with zero attached hydrogens (tertiary/aromatic N) is 2. The highest BCUT2D eigenvalue weighted by atomic mass is 16.6. The Balaban J connectivity index is 1.84. The van der Waals surface area contributed by atoms with E-state index in [4.69, 9.17) is 4.74 Å². The molecule has 170 valence electrons. The number of esters is 1. The lowest BCUT2D eigenvalue weighted by Gasteiger charge is -2.29. The molecule has 3 amide bonds. The Bertz CT molecular complexity index is 917. The van der Waals surface area contributed by atoms with Crippen LogP contribution in [0.25, 0.3) is 0 Å². The number of nitrogens with one attached hydrogen (secondary N) is 1. The van der Waals surface area contributed by atoms with Crippen LogP contribution < -0.4 is 5.32 Å². The fourth-order valence-electron chi connectivity index (χ4n) is 3.74. The number of hydrogen-bond donors (Lipinski definition) is 1. The largest absolute Gasteiger partial charge is 0.458 e. The maximum atomic E-state index is 13.4. The van der Waals surface area contributed by atoms with Gasteiger partial charge in [-0.05, 0) is 38.8 Å². The zero-order valence-electron chi connectivity index (χ0n) is 19.2. The normalized spacial score (nSPS) is 17.6. The van der Waals surface area contributed by atoms with Gasteiger partial charge in [0.05, 0.1) is 18.6 Å². The first kappa shape index (κ1) is 23.5. The molecule has 2 atom stereocenters. The second kappa shape index (κ2) is 9.53. The van der Waals surface area contributed by atoms with E-state index in [-0.39, 0.29) is 12.6 Å². The number of imide groups is 1. The standard InChI is InChI=1S/C25H31N3O4/c1-17(26-21(18-12-8-6-9-13-18)19-14-10-7-11-15-19)22(29)28-20(16-27(5)24(28)31)23(30)32-25(2,3)4/h6-15,17,20-21,26H,16H2,1-5H3/t17-,20-/m0/s1. The van der Waals surface area contributed by atoms with Gasteiger partial charge in [-0.15, -0.1) is 0 Å². The lowest BCUT2D eigenvalue weighted by Crippen LogP contribution is -2.53. The molecule has 1 fully saturated rings. The van der Waals surface area contributed by atoms with Gasteiger partial charge in [0.15, 0.2) is 6.04 Å². The lowest BCUT2D eigenvalue weighted by molar-refractivity contribution is -0.161. The first-order valence-corrected chi connectivity index (χ1v) is 10.8. The van der Waals surface area contributed by atoms with Crippen molar-refractivity contribution in [3.8, 4) is 0 Å². The quantitative estimate of drug-likeness (QED) is 0.701. The van der Waals surface area contributed by atoms with Gasteiger partial charge < -0.3 is 9.64 Å². The molecule has 2 aromatic rings. The van der Waals surface area contributed by atoms with Crippen LogP contribution in [0.1, 0.15) is 44.9 Å². The summed E-state index contributed by atoms with van der Waals surface area (Å²) >= 11 is 0. The molecule has 32 heavy (non-hydrogen) atoms. The number of urea groups is 1. The number of benzene rings is 2. The van der Waals surface area contributed by atoms with Crippen molar-refractivity contribution in [1.29, 1.82) is 0 Å². The average Bonchev–Trinajstić information content (AvgIpc) is 3.06. The summed E-state index contributed by atoms with van der Waals surface area (Å²) in [7, 11) is 1.57. The number of carbonyl (C=O) groups is 3. The SMILES string of the molecule is C[C@H](NC(c1ccccc1)c1ccccc1)C(=O)N1C(=O)N(C)C[C@H]1C(=O)OC(C)(C)C. The molecule has 1 saturated heterocycles. The molecular weight excluding hydrogens is 406 g/mol. The molecule has 0 radical (unpaired) electrons. The second-order valence-electron chi connectivity index (χ2n) is 9.06. The number of ether oxygens (including phenoxy) is 1. The molecule has 0 bridgehead atoms. The van der Waals surface area contributed by atoms with E-state index < -0.39 is 35.6 Å². The van der Waals surface area contributed by atoms with Crippen molar-refractivity contribution in [3.05, 3.63) is 71.8 Å². The van der Waals surface area contributed by atoms with Crippen molar-refractivity contribution in [3.63, 3.8) is 0 Å². The minimum absolute atomic E-state index is 0.104. The third-order valence-electron chi connectivity index (χ3n) is 5.26. The van der Waals surface area contributed by atoms with Crippen LogP contribution >= 0.6 is 0 Å². The lowest BCUT2D eigenvalue weighted by atomic mass is 9.98. The second-order valence-corrected chi connectivity index (χ2v) is 9.06. The average molecular weight is 438 g/mol. The van der Waals surface area contributed by atoms with Crippen LogP contribution in [0.2, 0.25) is 0 Å². The molecular formula is C25H31N3O4. The molecule has 7 heteroatoms. The molecule has 0 spiro atoms. The Morgan fingerprint density at radius 2 is 1.50 bits per heavy atom. The van der Waals surface area contributed by atoms with Crippen molar-refractivity contribution in [2.45, 2.75) is 51.4 Å². The maximum Gasteiger partial charge on any atom is 0.331 e. The van der Waals surface area contributed by atoms with E-state index in [0.29, 0.717) is 0 Å². The zero-order chi connectivity index (χ0) is 23.5. The summed E-state index contributed by atoms with van der Waals surface area (Å²) < 4.78 is 5.47. The predicted octanol–water partition coefficient (Wildman–Crippen LogP) is 3.36. The monoisotopic (exact) mass is 437 g/mol. The van der Waals surface area contributed by atoms with Gasteiger partial charge in [0.25, 0.3) is 0 Å². The smallest absolute Gasteiger partial charge is 0.331 e. The Hall–Kier alpha value is -3.19. The van der Waals surface area contributed by atoms with E-state index in [1.807, 2.05) is 60.7 Å². The third kappa shape index (κ3) is 5.34. The summed E-state index contributed by atoms with van der Waals surface area (Å²) in [6.45, 7) is 7.08. The molecule has 0 aromatic heterocycles. The molecule has 1 N–H and O–H groups in total. The Labute approximate surface area is 189 Å². The van der Waals surface area contributed by atoms with Crippen molar-refractivity contribution in [1.82, 2.24) is 15.1 Å². The third-order valence-corrected chi connectivity index (χ3v) is 5.26. The fraction of sp³-hybridized carbons (Fsp3) is 0.400. The number of hydrogen-bond acceptors (Lipinski definition) is 5. The molecule has 1 aliphatic heterocycles. The first-order chi connectivity index (χ1) is 15.1. The van der Waals surface area contributed by atoms with E-state index in [1.165, 1.54) is 4.90 Å². The van der Waals surface area contributed by atoms with Crippen LogP contribution in [0.3, 0.4) is 0 Å². The first-order valence-electron chi connectivity index (χ1n) is 10.8. The highest BCUT2D eigenvalue weighted by Gasteiger charge is 2.46. The molecule has 1 aliphatic rings. The predicted molar refractivity (Wildman–Crippen MR) is 122 cm³/mol. The maximum absolute atomic E-state index is 13.4.